The van der Waals surface area contributed by atoms with Crippen molar-refractivity contribution in [3.8, 4) is 34.3 Å². The molecular weight excluding hydrogens is 444 g/mol. The fraction of sp³-hybridized carbons (Fsp3) is 0.148. The largest absolute Gasteiger partial charge is 0.497 e. The number of carbonyl (C=O) groups is 1. The minimum Gasteiger partial charge on any atom is -0.497 e. The van der Waals surface area contributed by atoms with Crippen LogP contribution in [0, 0.1) is 0 Å². The Bertz CT molecular complexity index is 1310. The topological polar surface area (TPSA) is 94.6 Å². The van der Waals surface area contributed by atoms with Gasteiger partial charge in [0, 0.05) is 35.4 Å². The molecule has 0 spiro atoms. The molecule has 8 heteroatoms. The van der Waals surface area contributed by atoms with Crippen molar-refractivity contribution >= 4 is 17.4 Å². The van der Waals surface area contributed by atoms with Crippen molar-refractivity contribution in [1.82, 2.24) is 9.97 Å². The molecular formula is C27H26N4O4. The molecule has 2 aromatic heterocycles. The number of anilines is 2. The zero-order chi connectivity index (χ0) is 24.6. The number of rotatable bonds is 8. The van der Waals surface area contributed by atoms with E-state index in [4.69, 9.17) is 14.2 Å². The molecule has 178 valence electrons. The lowest BCUT2D eigenvalue weighted by atomic mass is 10.1. The second-order valence-corrected chi connectivity index (χ2v) is 7.52. The number of urea groups is 1. The molecule has 0 saturated heterocycles. The number of nitrogens with one attached hydrogen (secondary N) is 2. The van der Waals surface area contributed by atoms with Crippen molar-refractivity contribution in [3.63, 3.8) is 0 Å². The van der Waals surface area contributed by atoms with Crippen molar-refractivity contribution in [2.24, 2.45) is 0 Å². The van der Waals surface area contributed by atoms with Gasteiger partial charge in [0.25, 0.3) is 0 Å². The van der Waals surface area contributed by atoms with Crippen LogP contribution >= 0.6 is 0 Å². The predicted molar refractivity (Wildman–Crippen MR) is 136 cm³/mol. The molecule has 0 bridgehead atoms. The lowest BCUT2D eigenvalue weighted by Crippen LogP contribution is -2.19. The number of ether oxygens (including phenoxy) is 3. The molecule has 0 aliphatic carbocycles. The highest BCUT2D eigenvalue weighted by atomic mass is 16.5. The second-order valence-electron chi connectivity index (χ2n) is 7.52. The van der Waals surface area contributed by atoms with E-state index in [0.717, 1.165) is 23.2 Å². The minimum absolute atomic E-state index is 0.404. The van der Waals surface area contributed by atoms with E-state index in [2.05, 4.69) is 27.5 Å². The highest BCUT2D eigenvalue weighted by Crippen LogP contribution is 2.32. The second kappa shape index (κ2) is 11.0. The lowest BCUT2D eigenvalue weighted by Gasteiger charge is -2.13. The van der Waals surface area contributed by atoms with Crippen molar-refractivity contribution in [2.45, 2.75) is 13.3 Å². The number of pyridine rings is 2. The molecule has 0 atom stereocenters. The normalized spacial score (nSPS) is 10.4. The van der Waals surface area contributed by atoms with Gasteiger partial charge in [0.1, 0.15) is 17.2 Å². The minimum atomic E-state index is -0.404. The molecule has 2 N–H and O–H groups in total. The third-order valence-electron chi connectivity index (χ3n) is 5.24. The first-order valence-electron chi connectivity index (χ1n) is 11.1. The summed E-state index contributed by atoms with van der Waals surface area (Å²) in [6.45, 7) is 2.07. The molecule has 0 aliphatic rings. The third kappa shape index (κ3) is 5.86. The Morgan fingerprint density at radius 2 is 1.66 bits per heavy atom. The Balaban J connectivity index is 1.44. The van der Waals surface area contributed by atoms with Gasteiger partial charge in [-0.05, 0) is 72.6 Å². The Kier molecular flexibility index (Phi) is 7.42. The predicted octanol–water partition coefficient (Wildman–Crippen LogP) is 6.16. The van der Waals surface area contributed by atoms with Gasteiger partial charge >= 0.3 is 6.03 Å². The first kappa shape index (κ1) is 23.6. The number of carbonyl (C=O) groups excluding carboxylic acids is 1. The van der Waals surface area contributed by atoms with Crippen LogP contribution in [0.4, 0.5) is 16.2 Å². The van der Waals surface area contributed by atoms with E-state index in [1.54, 1.807) is 62.0 Å². The Hall–Kier alpha value is -4.59. The Morgan fingerprint density at radius 3 is 2.40 bits per heavy atom. The quantitative estimate of drug-likeness (QED) is 0.320. The van der Waals surface area contributed by atoms with E-state index in [-0.39, 0.29) is 0 Å². The van der Waals surface area contributed by atoms with Gasteiger partial charge in [-0.1, -0.05) is 6.92 Å². The average molecular weight is 471 g/mol. The lowest BCUT2D eigenvalue weighted by molar-refractivity contribution is 0.262. The monoisotopic (exact) mass is 470 g/mol. The zero-order valence-electron chi connectivity index (χ0n) is 19.7. The number of aromatic nitrogens is 2. The van der Waals surface area contributed by atoms with Crippen LogP contribution in [0.3, 0.4) is 0 Å². The maximum Gasteiger partial charge on any atom is 0.323 e. The standard InChI is InChI=1S/C27H26N4O4/c1-4-19-16-18(13-15-28-19)23-6-5-14-29-26(23)35-21-9-7-20(8-10-21)30-27(32)31-24-12-11-22(33-2)17-25(24)34-3/h5-17H,4H2,1-3H3,(H2,30,31,32). The number of amides is 2. The van der Waals surface area contributed by atoms with Crippen molar-refractivity contribution in [3.05, 3.63) is 84.8 Å². The van der Waals surface area contributed by atoms with Gasteiger partial charge in [-0.25, -0.2) is 9.78 Å². The molecule has 4 rings (SSSR count). The summed E-state index contributed by atoms with van der Waals surface area (Å²) < 4.78 is 16.6. The maximum absolute atomic E-state index is 12.5. The fourth-order valence-electron chi connectivity index (χ4n) is 3.44. The van der Waals surface area contributed by atoms with E-state index in [1.807, 2.05) is 24.3 Å². The summed E-state index contributed by atoms with van der Waals surface area (Å²) in [4.78, 5) is 21.2. The maximum atomic E-state index is 12.5. The van der Waals surface area contributed by atoms with Gasteiger partial charge in [0.15, 0.2) is 0 Å². The molecule has 2 aromatic carbocycles. The van der Waals surface area contributed by atoms with Gasteiger partial charge in [-0.2, -0.15) is 0 Å². The summed E-state index contributed by atoms with van der Waals surface area (Å²) in [5, 5.41) is 5.57. The van der Waals surface area contributed by atoms with E-state index >= 15 is 0 Å². The van der Waals surface area contributed by atoms with Gasteiger partial charge in [0.05, 0.1) is 19.9 Å². The molecule has 0 aliphatic heterocycles. The Morgan fingerprint density at radius 1 is 0.857 bits per heavy atom. The molecule has 35 heavy (non-hydrogen) atoms. The number of nitrogens with zero attached hydrogens (tertiary/aromatic N) is 2. The first-order valence-corrected chi connectivity index (χ1v) is 11.1. The summed E-state index contributed by atoms with van der Waals surface area (Å²) in [5.41, 5.74) is 3.99. The number of methoxy groups -OCH3 is 2. The van der Waals surface area contributed by atoms with Gasteiger partial charge in [0.2, 0.25) is 5.88 Å². The summed E-state index contributed by atoms with van der Waals surface area (Å²) >= 11 is 0. The summed E-state index contributed by atoms with van der Waals surface area (Å²) in [7, 11) is 3.10. The fourth-order valence-corrected chi connectivity index (χ4v) is 3.44. The molecule has 8 nitrogen and oxygen atoms in total. The molecule has 0 fully saturated rings. The van der Waals surface area contributed by atoms with Gasteiger partial charge < -0.3 is 24.8 Å². The molecule has 2 heterocycles. The van der Waals surface area contributed by atoms with Crippen LogP contribution in [-0.2, 0) is 6.42 Å². The summed E-state index contributed by atoms with van der Waals surface area (Å²) in [6.07, 6.45) is 4.32. The van der Waals surface area contributed by atoms with Crippen molar-refractivity contribution in [2.75, 3.05) is 24.9 Å². The number of benzene rings is 2. The van der Waals surface area contributed by atoms with Crippen molar-refractivity contribution in [1.29, 1.82) is 0 Å². The van der Waals surface area contributed by atoms with Gasteiger partial charge in [-0.3, -0.25) is 4.98 Å². The first-order chi connectivity index (χ1) is 17.1. The highest BCUT2D eigenvalue weighted by Gasteiger charge is 2.11. The van der Waals surface area contributed by atoms with Crippen LogP contribution in [0.1, 0.15) is 12.6 Å². The van der Waals surface area contributed by atoms with E-state index in [9.17, 15) is 4.79 Å². The molecule has 2 amide bonds. The van der Waals surface area contributed by atoms with Crippen LogP contribution in [0.25, 0.3) is 11.1 Å². The third-order valence-corrected chi connectivity index (χ3v) is 5.24. The van der Waals surface area contributed by atoms with Crippen LogP contribution in [0.15, 0.2) is 79.1 Å². The summed E-state index contributed by atoms with van der Waals surface area (Å²) in [5.74, 6) is 2.21. The molecule has 0 radical (unpaired) electrons. The average Bonchev–Trinajstić information content (AvgIpc) is 2.90. The van der Waals surface area contributed by atoms with E-state index < -0.39 is 6.03 Å². The SMILES string of the molecule is CCc1cc(-c2cccnc2Oc2ccc(NC(=O)Nc3ccc(OC)cc3OC)cc2)ccn1. The van der Waals surface area contributed by atoms with Crippen LogP contribution in [0.2, 0.25) is 0 Å². The smallest absolute Gasteiger partial charge is 0.323 e. The Labute approximate surface area is 203 Å². The number of hydrogen-bond donors (Lipinski definition) is 2. The van der Waals surface area contributed by atoms with Crippen LogP contribution in [0.5, 0.6) is 23.1 Å². The van der Waals surface area contributed by atoms with E-state index in [0.29, 0.717) is 34.5 Å². The van der Waals surface area contributed by atoms with Gasteiger partial charge in [-0.15, -0.1) is 0 Å². The molecule has 4 aromatic rings. The molecule has 0 saturated carbocycles. The zero-order valence-corrected chi connectivity index (χ0v) is 19.7. The number of hydrogen-bond acceptors (Lipinski definition) is 6. The van der Waals surface area contributed by atoms with Crippen LogP contribution in [-0.4, -0.2) is 30.2 Å². The number of aryl methyl sites for hydroxylation is 1. The van der Waals surface area contributed by atoms with Crippen LogP contribution < -0.4 is 24.8 Å². The van der Waals surface area contributed by atoms with Crippen molar-refractivity contribution < 1.29 is 19.0 Å². The van der Waals surface area contributed by atoms with E-state index in [1.165, 1.54) is 7.11 Å². The molecule has 0 unspecified atom stereocenters. The highest BCUT2D eigenvalue weighted by molar-refractivity contribution is 6.00. The summed E-state index contributed by atoms with van der Waals surface area (Å²) in [6, 6.07) is 19.6.